The van der Waals surface area contributed by atoms with E-state index < -0.39 is 0 Å². The fraction of sp³-hybridized carbons (Fsp3) is 0.538. The van der Waals surface area contributed by atoms with Crippen LogP contribution >= 0.6 is 0 Å². The van der Waals surface area contributed by atoms with Crippen LogP contribution in [0.15, 0.2) is 24.3 Å². The summed E-state index contributed by atoms with van der Waals surface area (Å²) in [5.41, 5.74) is 3.00. The molecule has 82 valence electrons. The van der Waals surface area contributed by atoms with E-state index in [1.165, 1.54) is 30.4 Å². The van der Waals surface area contributed by atoms with Gasteiger partial charge in [-0.25, -0.2) is 0 Å². The zero-order chi connectivity index (χ0) is 10.5. The molecule has 1 aliphatic rings. The highest BCUT2D eigenvalue weighted by Gasteiger charge is 2.18. The lowest BCUT2D eigenvalue weighted by Crippen LogP contribution is -2.27. The van der Waals surface area contributed by atoms with Crippen molar-refractivity contribution in [2.75, 3.05) is 20.3 Å². The molecule has 0 aromatic heterocycles. The molecular weight excluding hydrogens is 186 g/mol. The molecule has 1 N–H and O–H groups in total. The van der Waals surface area contributed by atoms with Crippen LogP contribution in [0.3, 0.4) is 0 Å². The Hall–Kier alpha value is -0.860. The molecular formula is C13H19NO. The molecule has 0 spiro atoms. The molecule has 0 amide bonds. The zero-order valence-electron chi connectivity index (χ0n) is 9.33. The first-order valence-electron chi connectivity index (χ1n) is 5.72. The Labute approximate surface area is 91.6 Å². The number of nitrogens with one attached hydrogen (secondary N) is 1. The Kier molecular flexibility index (Phi) is 3.75. The molecule has 0 aliphatic heterocycles. The summed E-state index contributed by atoms with van der Waals surface area (Å²) in [6.07, 6.45) is 3.78. The maximum Gasteiger partial charge on any atom is 0.0587 e. The molecule has 2 rings (SSSR count). The van der Waals surface area contributed by atoms with Crippen LogP contribution in [-0.2, 0) is 11.2 Å². The van der Waals surface area contributed by atoms with E-state index >= 15 is 0 Å². The van der Waals surface area contributed by atoms with Gasteiger partial charge in [-0.05, 0) is 30.4 Å². The highest BCUT2D eigenvalue weighted by atomic mass is 16.5. The number of rotatable bonds is 4. The standard InChI is InChI=1S/C13H19NO/c1-15-10-9-14-13-8-4-6-11-5-2-3-7-12(11)13/h2-3,5,7,13-14H,4,6,8-10H2,1H3/t13-/m1/s1. The van der Waals surface area contributed by atoms with Crippen LogP contribution in [0.5, 0.6) is 0 Å². The summed E-state index contributed by atoms with van der Waals surface area (Å²) in [6, 6.07) is 9.30. The predicted octanol–water partition coefficient (Wildman–Crippen LogP) is 2.30. The van der Waals surface area contributed by atoms with Crippen molar-refractivity contribution in [1.82, 2.24) is 5.32 Å². The Morgan fingerprint density at radius 1 is 1.40 bits per heavy atom. The summed E-state index contributed by atoms with van der Waals surface area (Å²) in [6.45, 7) is 1.73. The van der Waals surface area contributed by atoms with E-state index in [0.29, 0.717) is 6.04 Å². The van der Waals surface area contributed by atoms with Crippen molar-refractivity contribution < 1.29 is 4.74 Å². The first-order chi connectivity index (χ1) is 7.42. The predicted molar refractivity (Wildman–Crippen MR) is 62.0 cm³/mol. The van der Waals surface area contributed by atoms with E-state index in [-0.39, 0.29) is 0 Å². The van der Waals surface area contributed by atoms with Crippen LogP contribution in [0.4, 0.5) is 0 Å². The van der Waals surface area contributed by atoms with E-state index in [0.717, 1.165) is 13.2 Å². The largest absolute Gasteiger partial charge is 0.383 e. The average molecular weight is 205 g/mol. The highest BCUT2D eigenvalue weighted by Crippen LogP contribution is 2.28. The minimum absolute atomic E-state index is 0.532. The van der Waals surface area contributed by atoms with Gasteiger partial charge in [0, 0.05) is 19.7 Å². The van der Waals surface area contributed by atoms with Crippen molar-refractivity contribution in [2.45, 2.75) is 25.3 Å². The fourth-order valence-corrected chi connectivity index (χ4v) is 2.30. The van der Waals surface area contributed by atoms with Gasteiger partial charge in [0.05, 0.1) is 6.61 Å². The van der Waals surface area contributed by atoms with Crippen LogP contribution in [0.25, 0.3) is 0 Å². The maximum atomic E-state index is 5.06. The lowest BCUT2D eigenvalue weighted by atomic mass is 9.88. The van der Waals surface area contributed by atoms with E-state index in [9.17, 15) is 0 Å². The number of fused-ring (bicyclic) bond motifs is 1. The second kappa shape index (κ2) is 5.29. The molecule has 2 nitrogen and oxygen atoms in total. The normalized spacial score (nSPS) is 19.9. The Bertz CT molecular complexity index is 311. The Morgan fingerprint density at radius 2 is 2.27 bits per heavy atom. The molecule has 1 aromatic carbocycles. The van der Waals surface area contributed by atoms with E-state index in [1.54, 1.807) is 7.11 Å². The summed E-state index contributed by atoms with van der Waals surface area (Å²) in [4.78, 5) is 0. The van der Waals surface area contributed by atoms with Crippen molar-refractivity contribution >= 4 is 0 Å². The number of aryl methyl sites for hydroxylation is 1. The van der Waals surface area contributed by atoms with Gasteiger partial charge in [0.2, 0.25) is 0 Å². The SMILES string of the molecule is COCCN[C@@H]1CCCc2ccccc21. The molecule has 0 bridgehead atoms. The average Bonchev–Trinajstić information content (AvgIpc) is 2.30. The minimum Gasteiger partial charge on any atom is -0.383 e. The quantitative estimate of drug-likeness (QED) is 0.762. The molecule has 1 atom stereocenters. The minimum atomic E-state index is 0.532. The van der Waals surface area contributed by atoms with Crippen molar-refractivity contribution in [3.05, 3.63) is 35.4 Å². The summed E-state index contributed by atoms with van der Waals surface area (Å²) in [7, 11) is 1.75. The maximum absolute atomic E-state index is 5.06. The molecule has 1 aliphatic carbocycles. The molecule has 0 saturated heterocycles. The van der Waals surface area contributed by atoms with Crippen molar-refractivity contribution in [3.63, 3.8) is 0 Å². The molecule has 0 fully saturated rings. The first-order valence-corrected chi connectivity index (χ1v) is 5.72. The second-order valence-electron chi connectivity index (χ2n) is 4.09. The number of hydrogen-bond acceptors (Lipinski definition) is 2. The van der Waals surface area contributed by atoms with Crippen molar-refractivity contribution in [1.29, 1.82) is 0 Å². The summed E-state index contributed by atoms with van der Waals surface area (Å²) >= 11 is 0. The number of methoxy groups -OCH3 is 1. The first kappa shape index (κ1) is 10.7. The van der Waals surface area contributed by atoms with E-state index in [2.05, 4.69) is 29.6 Å². The Balaban J connectivity index is 2.02. The van der Waals surface area contributed by atoms with Crippen LogP contribution in [0, 0.1) is 0 Å². The van der Waals surface area contributed by atoms with Gasteiger partial charge in [0.15, 0.2) is 0 Å². The molecule has 0 radical (unpaired) electrons. The van der Waals surface area contributed by atoms with Crippen molar-refractivity contribution in [3.8, 4) is 0 Å². The van der Waals surface area contributed by atoms with Gasteiger partial charge in [-0.15, -0.1) is 0 Å². The smallest absolute Gasteiger partial charge is 0.0587 e. The van der Waals surface area contributed by atoms with Gasteiger partial charge in [0.1, 0.15) is 0 Å². The summed E-state index contributed by atoms with van der Waals surface area (Å²) in [5, 5.41) is 3.55. The van der Waals surface area contributed by atoms with E-state index in [4.69, 9.17) is 4.74 Å². The molecule has 15 heavy (non-hydrogen) atoms. The summed E-state index contributed by atoms with van der Waals surface area (Å²) < 4.78 is 5.06. The molecule has 0 saturated carbocycles. The third-order valence-corrected chi connectivity index (χ3v) is 3.07. The second-order valence-corrected chi connectivity index (χ2v) is 4.09. The van der Waals surface area contributed by atoms with Gasteiger partial charge in [-0.2, -0.15) is 0 Å². The van der Waals surface area contributed by atoms with Crippen LogP contribution in [0.1, 0.15) is 30.0 Å². The zero-order valence-corrected chi connectivity index (χ0v) is 9.33. The lowest BCUT2D eigenvalue weighted by Gasteiger charge is -2.26. The van der Waals surface area contributed by atoms with E-state index in [1.807, 2.05) is 0 Å². The Morgan fingerprint density at radius 3 is 3.13 bits per heavy atom. The number of hydrogen-bond donors (Lipinski definition) is 1. The van der Waals surface area contributed by atoms with Gasteiger partial charge in [-0.3, -0.25) is 0 Å². The molecule has 1 aromatic rings. The molecule has 0 unspecified atom stereocenters. The molecule has 0 heterocycles. The van der Waals surface area contributed by atoms with Gasteiger partial charge < -0.3 is 10.1 Å². The highest BCUT2D eigenvalue weighted by molar-refractivity contribution is 5.32. The third-order valence-electron chi connectivity index (χ3n) is 3.07. The van der Waals surface area contributed by atoms with Gasteiger partial charge >= 0.3 is 0 Å². The van der Waals surface area contributed by atoms with Gasteiger partial charge in [-0.1, -0.05) is 24.3 Å². The van der Waals surface area contributed by atoms with Crippen molar-refractivity contribution in [2.24, 2.45) is 0 Å². The van der Waals surface area contributed by atoms with Gasteiger partial charge in [0.25, 0.3) is 0 Å². The van der Waals surface area contributed by atoms with Crippen LogP contribution < -0.4 is 5.32 Å². The monoisotopic (exact) mass is 205 g/mol. The van der Waals surface area contributed by atoms with Crippen LogP contribution in [-0.4, -0.2) is 20.3 Å². The number of ether oxygens (including phenoxy) is 1. The molecule has 2 heteroatoms. The third kappa shape index (κ3) is 2.58. The lowest BCUT2D eigenvalue weighted by molar-refractivity contribution is 0.194. The van der Waals surface area contributed by atoms with Crippen LogP contribution in [0.2, 0.25) is 0 Å². The topological polar surface area (TPSA) is 21.3 Å². The summed E-state index contributed by atoms with van der Waals surface area (Å²) in [5.74, 6) is 0. The number of benzene rings is 1. The fourth-order valence-electron chi connectivity index (χ4n) is 2.30.